The Morgan fingerprint density at radius 2 is 1.86 bits per heavy atom. The van der Waals surface area contributed by atoms with Gasteiger partial charge >= 0.3 is 5.97 Å². The summed E-state index contributed by atoms with van der Waals surface area (Å²) < 4.78 is 11.3. The maximum Gasteiger partial charge on any atom is 0.330 e. The first-order chi connectivity index (χ1) is 9.67. The largest absolute Gasteiger partial charge is 0.466 e. The SMILES string of the molecule is COC(=O)/C=C/C[C@H]1CCCC[C@@H]1O[Si](C)(C)C(C)(C)C. The number of rotatable bonds is 5. The van der Waals surface area contributed by atoms with Gasteiger partial charge in [0.15, 0.2) is 8.32 Å². The Bertz CT molecular complexity index is 369. The lowest BCUT2D eigenvalue weighted by Crippen LogP contribution is -2.46. The number of carbonyl (C=O) groups is 1. The Labute approximate surface area is 131 Å². The Kier molecular flexibility index (Phi) is 6.66. The monoisotopic (exact) mass is 312 g/mol. The van der Waals surface area contributed by atoms with Crippen LogP contribution in [0.5, 0.6) is 0 Å². The summed E-state index contributed by atoms with van der Waals surface area (Å²) in [4.78, 5) is 11.2. The highest BCUT2D eigenvalue weighted by Gasteiger charge is 2.40. The number of hydrogen-bond acceptors (Lipinski definition) is 3. The van der Waals surface area contributed by atoms with Gasteiger partial charge in [-0.05, 0) is 43.3 Å². The second kappa shape index (κ2) is 7.59. The predicted molar refractivity (Wildman–Crippen MR) is 89.8 cm³/mol. The molecular weight excluding hydrogens is 280 g/mol. The van der Waals surface area contributed by atoms with Crippen LogP contribution in [-0.4, -0.2) is 27.5 Å². The van der Waals surface area contributed by atoms with Gasteiger partial charge in [0.25, 0.3) is 0 Å². The highest BCUT2D eigenvalue weighted by molar-refractivity contribution is 6.74. The molecule has 1 aliphatic rings. The Morgan fingerprint density at radius 3 is 2.43 bits per heavy atom. The van der Waals surface area contributed by atoms with Crippen molar-refractivity contribution in [3.8, 4) is 0 Å². The van der Waals surface area contributed by atoms with Crippen LogP contribution in [0.3, 0.4) is 0 Å². The first kappa shape index (κ1) is 18.4. The van der Waals surface area contributed by atoms with Crippen molar-refractivity contribution in [2.45, 2.75) is 77.1 Å². The highest BCUT2D eigenvalue weighted by Crippen LogP contribution is 2.40. The molecule has 0 bridgehead atoms. The molecule has 0 heterocycles. The maximum atomic E-state index is 11.2. The molecule has 1 fully saturated rings. The van der Waals surface area contributed by atoms with E-state index in [9.17, 15) is 4.79 Å². The first-order valence-corrected chi connectivity index (χ1v) is 11.0. The summed E-state index contributed by atoms with van der Waals surface area (Å²) in [6, 6.07) is 0. The van der Waals surface area contributed by atoms with Crippen molar-refractivity contribution in [3.05, 3.63) is 12.2 Å². The van der Waals surface area contributed by atoms with Gasteiger partial charge in [-0.3, -0.25) is 0 Å². The van der Waals surface area contributed by atoms with E-state index in [2.05, 4.69) is 38.6 Å². The second-order valence-corrected chi connectivity index (χ2v) is 12.4. The van der Waals surface area contributed by atoms with Gasteiger partial charge in [0.05, 0.1) is 7.11 Å². The quantitative estimate of drug-likeness (QED) is 0.420. The van der Waals surface area contributed by atoms with E-state index in [1.807, 2.05) is 6.08 Å². The fraction of sp³-hybridized carbons (Fsp3) is 0.824. The molecule has 0 amide bonds. The van der Waals surface area contributed by atoms with Crippen molar-refractivity contribution < 1.29 is 14.0 Å². The lowest BCUT2D eigenvalue weighted by atomic mass is 9.84. The van der Waals surface area contributed by atoms with Gasteiger partial charge in [0, 0.05) is 12.2 Å². The second-order valence-electron chi connectivity index (χ2n) is 7.62. The van der Waals surface area contributed by atoms with E-state index in [4.69, 9.17) is 4.43 Å². The zero-order valence-electron chi connectivity index (χ0n) is 14.6. The Balaban J connectivity index is 2.65. The molecule has 0 spiro atoms. The highest BCUT2D eigenvalue weighted by atomic mass is 28.4. The summed E-state index contributed by atoms with van der Waals surface area (Å²) in [5, 5.41) is 0.247. The molecule has 1 aliphatic carbocycles. The molecular formula is C17H32O3Si. The van der Waals surface area contributed by atoms with Crippen LogP contribution in [0, 0.1) is 5.92 Å². The molecule has 0 unspecified atom stereocenters. The number of esters is 1. The first-order valence-electron chi connectivity index (χ1n) is 8.09. The number of methoxy groups -OCH3 is 1. The molecule has 0 aliphatic heterocycles. The van der Waals surface area contributed by atoms with Crippen molar-refractivity contribution in [2.24, 2.45) is 5.92 Å². The summed E-state index contributed by atoms with van der Waals surface area (Å²) in [6.07, 6.45) is 9.64. The van der Waals surface area contributed by atoms with Gasteiger partial charge in [-0.2, -0.15) is 0 Å². The molecule has 0 aromatic rings. The standard InChI is InChI=1S/C17H32O3Si/c1-17(2,3)21(5,6)20-15-12-8-7-10-14(15)11-9-13-16(18)19-4/h9,13-15H,7-8,10-12H2,1-6H3/b13-9+/t14-,15+/m1/s1. The van der Waals surface area contributed by atoms with E-state index in [-0.39, 0.29) is 11.0 Å². The van der Waals surface area contributed by atoms with E-state index in [1.54, 1.807) is 0 Å². The molecule has 0 saturated heterocycles. The average Bonchev–Trinajstić information content (AvgIpc) is 2.38. The molecule has 122 valence electrons. The molecule has 1 saturated carbocycles. The maximum absolute atomic E-state index is 11.2. The zero-order chi connectivity index (χ0) is 16.1. The fourth-order valence-electron chi connectivity index (χ4n) is 2.56. The third-order valence-electron chi connectivity index (χ3n) is 4.99. The van der Waals surface area contributed by atoms with Crippen LogP contribution in [-0.2, 0) is 14.0 Å². The lowest BCUT2D eigenvalue weighted by molar-refractivity contribution is -0.134. The molecule has 1 rings (SSSR count). The van der Waals surface area contributed by atoms with Gasteiger partial charge in [-0.25, -0.2) is 4.79 Å². The van der Waals surface area contributed by atoms with Gasteiger partial charge in [0.1, 0.15) is 0 Å². The normalized spacial score (nSPS) is 24.3. The van der Waals surface area contributed by atoms with E-state index in [1.165, 1.54) is 32.4 Å². The minimum atomic E-state index is -1.72. The van der Waals surface area contributed by atoms with Crippen molar-refractivity contribution in [1.29, 1.82) is 0 Å². The summed E-state index contributed by atoms with van der Waals surface area (Å²) in [6.45, 7) is 11.5. The number of ether oxygens (including phenoxy) is 1. The smallest absolute Gasteiger partial charge is 0.330 e. The Morgan fingerprint density at radius 1 is 1.24 bits per heavy atom. The minimum Gasteiger partial charge on any atom is -0.466 e. The molecule has 0 aromatic carbocycles. The number of carbonyl (C=O) groups excluding carboxylic acids is 1. The average molecular weight is 313 g/mol. The molecule has 2 atom stereocenters. The lowest BCUT2D eigenvalue weighted by Gasteiger charge is -2.43. The van der Waals surface area contributed by atoms with Crippen LogP contribution in [0.4, 0.5) is 0 Å². The third kappa shape index (κ3) is 5.59. The van der Waals surface area contributed by atoms with Crippen molar-refractivity contribution >= 4 is 14.3 Å². The van der Waals surface area contributed by atoms with Gasteiger partial charge < -0.3 is 9.16 Å². The van der Waals surface area contributed by atoms with Crippen molar-refractivity contribution in [1.82, 2.24) is 0 Å². The van der Waals surface area contributed by atoms with Crippen LogP contribution in [0.2, 0.25) is 18.1 Å². The summed E-state index contributed by atoms with van der Waals surface area (Å²) in [5.74, 6) is 0.265. The van der Waals surface area contributed by atoms with Crippen LogP contribution in [0.25, 0.3) is 0 Å². The molecule has 21 heavy (non-hydrogen) atoms. The fourth-order valence-corrected chi connectivity index (χ4v) is 3.98. The molecule has 0 aromatic heterocycles. The number of allylic oxidation sites excluding steroid dienone is 1. The zero-order valence-corrected chi connectivity index (χ0v) is 15.6. The van der Waals surface area contributed by atoms with Crippen LogP contribution < -0.4 is 0 Å². The van der Waals surface area contributed by atoms with Crippen LogP contribution >= 0.6 is 0 Å². The minimum absolute atomic E-state index is 0.247. The summed E-state index contributed by atoms with van der Waals surface area (Å²) in [5.41, 5.74) is 0. The molecule has 4 heteroatoms. The van der Waals surface area contributed by atoms with Crippen LogP contribution in [0.15, 0.2) is 12.2 Å². The Hall–Kier alpha value is -0.613. The van der Waals surface area contributed by atoms with E-state index < -0.39 is 8.32 Å². The predicted octanol–water partition coefficient (Wildman–Crippen LogP) is 4.69. The van der Waals surface area contributed by atoms with Crippen LogP contribution in [0.1, 0.15) is 52.9 Å². The third-order valence-corrected chi connectivity index (χ3v) is 9.49. The molecule has 0 radical (unpaired) electrons. The van der Waals surface area contributed by atoms with E-state index >= 15 is 0 Å². The van der Waals surface area contributed by atoms with Gasteiger partial charge in [-0.15, -0.1) is 0 Å². The molecule has 0 N–H and O–H groups in total. The van der Waals surface area contributed by atoms with Crippen molar-refractivity contribution in [2.75, 3.05) is 7.11 Å². The van der Waals surface area contributed by atoms with Crippen molar-refractivity contribution in [3.63, 3.8) is 0 Å². The summed E-state index contributed by atoms with van der Waals surface area (Å²) in [7, 11) is -0.304. The van der Waals surface area contributed by atoms with E-state index in [0.717, 1.165) is 12.8 Å². The van der Waals surface area contributed by atoms with Gasteiger partial charge in [0.2, 0.25) is 0 Å². The number of hydrogen-bond donors (Lipinski definition) is 0. The van der Waals surface area contributed by atoms with Gasteiger partial charge in [-0.1, -0.05) is 39.7 Å². The van der Waals surface area contributed by atoms with E-state index in [0.29, 0.717) is 12.0 Å². The summed E-state index contributed by atoms with van der Waals surface area (Å²) >= 11 is 0. The topological polar surface area (TPSA) is 35.5 Å². The molecule has 3 nitrogen and oxygen atoms in total.